The number of methoxy groups -OCH3 is 1. The van der Waals surface area contributed by atoms with Gasteiger partial charge in [0.2, 0.25) is 0 Å². The number of carbonyl (C=O) groups is 1. The smallest absolute Gasteiger partial charge is 0.255 e. The normalized spacial score (nSPS) is 12.8. The van der Waals surface area contributed by atoms with Gasteiger partial charge in [0, 0.05) is 43.0 Å². The Morgan fingerprint density at radius 2 is 2.17 bits per heavy atom. The zero-order valence-corrected chi connectivity index (χ0v) is 15.9. The van der Waals surface area contributed by atoms with Gasteiger partial charge in [-0.1, -0.05) is 12.1 Å². The first-order valence-electron chi connectivity index (χ1n) is 9.17. The molecule has 29 heavy (non-hydrogen) atoms. The second kappa shape index (κ2) is 7.60. The lowest BCUT2D eigenvalue weighted by molar-refractivity contribution is 0.0733. The van der Waals surface area contributed by atoms with Crippen molar-refractivity contribution in [1.29, 1.82) is 5.26 Å². The number of aromatic nitrogens is 2. The Balaban J connectivity index is 1.82. The highest BCUT2D eigenvalue weighted by atomic mass is 16.5. The first-order valence-corrected chi connectivity index (χ1v) is 9.17. The number of rotatable bonds is 3. The molecule has 7 nitrogen and oxygen atoms in total. The van der Waals surface area contributed by atoms with E-state index in [1.165, 1.54) is 0 Å². The third-order valence-corrected chi connectivity index (χ3v) is 5.05. The minimum atomic E-state index is -0.101. The summed E-state index contributed by atoms with van der Waals surface area (Å²) >= 11 is 0. The molecule has 0 fully saturated rings. The van der Waals surface area contributed by atoms with Crippen LogP contribution in [0, 0.1) is 11.3 Å². The highest BCUT2D eigenvalue weighted by Gasteiger charge is 2.28. The van der Waals surface area contributed by atoms with Crippen molar-refractivity contribution in [2.75, 3.05) is 19.4 Å². The fraction of sp³-hybridized carbons (Fsp3) is 0.182. The van der Waals surface area contributed by atoms with Gasteiger partial charge in [-0.15, -0.1) is 0 Å². The molecule has 1 aliphatic heterocycles. The average Bonchev–Trinajstić information content (AvgIpc) is 2.78. The SMILES string of the molecule is COc1cccc(-c2c(C#N)c(N)nc3c2CN(C(=O)c2cccnc2)CC3)c1. The number of ether oxygens (including phenoxy) is 1. The van der Waals surface area contributed by atoms with Crippen molar-refractivity contribution in [3.05, 3.63) is 71.2 Å². The average molecular weight is 385 g/mol. The summed E-state index contributed by atoms with van der Waals surface area (Å²) in [5, 5.41) is 9.75. The van der Waals surface area contributed by atoms with Crippen molar-refractivity contribution in [3.63, 3.8) is 0 Å². The van der Waals surface area contributed by atoms with Gasteiger partial charge in [0.05, 0.1) is 18.4 Å². The quantitative estimate of drug-likeness (QED) is 0.743. The van der Waals surface area contributed by atoms with Gasteiger partial charge in [-0.25, -0.2) is 4.98 Å². The maximum absolute atomic E-state index is 12.9. The summed E-state index contributed by atoms with van der Waals surface area (Å²) in [7, 11) is 1.59. The van der Waals surface area contributed by atoms with E-state index in [2.05, 4.69) is 16.0 Å². The van der Waals surface area contributed by atoms with E-state index in [9.17, 15) is 10.1 Å². The number of benzene rings is 1. The van der Waals surface area contributed by atoms with Gasteiger partial charge in [0.15, 0.2) is 0 Å². The molecule has 0 saturated heterocycles. The summed E-state index contributed by atoms with van der Waals surface area (Å²) in [4.78, 5) is 23.2. The molecule has 2 N–H and O–H groups in total. The van der Waals surface area contributed by atoms with Crippen molar-refractivity contribution in [3.8, 4) is 22.9 Å². The lowest BCUT2D eigenvalue weighted by Crippen LogP contribution is -2.37. The van der Waals surface area contributed by atoms with Gasteiger partial charge in [-0.05, 0) is 29.8 Å². The summed E-state index contributed by atoms with van der Waals surface area (Å²) in [6.45, 7) is 0.869. The monoisotopic (exact) mass is 385 g/mol. The fourth-order valence-electron chi connectivity index (χ4n) is 3.64. The molecule has 0 radical (unpaired) electrons. The molecule has 4 rings (SSSR count). The predicted molar refractivity (Wildman–Crippen MR) is 108 cm³/mol. The van der Waals surface area contributed by atoms with Crippen LogP contribution in [0.4, 0.5) is 5.82 Å². The van der Waals surface area contributed by atoms with Gasteiger partial charge < -0.3 is 15.4 Å². The number of nitrogens with zero attached hydrogens (tertiary/aromatic N) is 4. The molecule has 2 aromatic heterocycles. The number of carbonyl (C=O) groups excluding carboxylic acids is 1. The Morgan fingerprint density at radius 3 is 2.90 bits per heavy atom. The third-order valence-electron chi connectivity index (χ3n) is 5.05. The molecule has 0 spiro atoms. The second-order valence-corrected chi connectivity index (χ2v) is 6.73. The molecule has 1 aliphatic rings. The maximum Gasteiger partial charge on any atom is 0.255 e. The zero-order valence-electron chi connectivity index (χ0n) is 15.9. The highest BCUT2D eigenvalue weighted by Crippen LogP contribution is 2.36. The number of pyridine rings is 2. The number of anilines is 1. The summed E-state index contributed by atoms with van der Waals surface area (Å²) in [6.07, 6.45) is 3.76. The van der Waals surface area contributed by atoms with Crippen molar-refractivity contribution in [1.82, 2.24) is 14.9 Å². The fourth-order valence-corrected chi connectivity index (χ4v) is 3.64. The molecule has 144 valence electrons. The van der Waals surface area contributed by atoms with Crippen molar-refractivity contribution in [2.45, 2.75) is 13.0 Å². The van der Waals surface area contributed by atoms with Crippen molar-refractivity contribution < 1.29 is 9.53 Å². The van der Waals surface area contributed by atoms with Crippen LogP contribution >= 0.6 is 0 Å². The Bertz CT molecular complexity index is 1120. The van der Waals surface area contributed by atoms with Gasteiger partial charge >= 0.3 is 0 Å². The summed E-state index contributed by atoms with van der Waals surface area (Å²) in [6, 6.07) is 13.1. The van der Waals surface area contributed by atoms with Crippen LogP contribution < -0.4 is 10.5 Å². The van der Waals surface area contributed by atoms with Crippen LogP contribution in [0.15, 0.2) is 48.8 Å². The molecule has 0 bridgehead atoms. The summed E-state index contributed by atoms with van der Waals surface area (Å²) < 4.78 is 5.34. The molecule has 0 atom stereocenters. The number of hydrogen-bond donors (Lipinski definition) is 1. The highest BCUT2D eigenvalue weighted by molar-refractivity contribution is 5.94. The largest absolute Gasteiger partial charge is 0.497 e. The van der Waals surface area contributed by atoms with Crippen LogP contribution in [0.1, 0.15) is 27.2 Å². The zero-order chi connectivity index (χ0) is 20.4. The first-order chi connectivity index (χ1) is 14.1. The molecular weight excluding hydrogens is 366 g/mol. The van der Waals surface area contributed by atoms with E-state index in [-0.39, 0.29) is 11.7 Å². The van der Waals surface area contributed by atoms with E-state index < -0.39 is 0 Å². The number of nitriles is 1. The Morgan fingerprint density at radius 1 is 1.31 bits per heavy atom. The summed E-state index contributed by atoms with van der Waals surface area (Å²) in [5.74, 6) is 0.779. The number of nitrogens with two attached hydrogens (primary N) is 1. The topological polar surface area (TPSA) is 105 Å². The predicted octanol–water partition coefficient (Wildman–Crippen LogP) is 2.80. The Kier molecular flexibility index (Phi) is 4.83. The summed E-state index contributed by atoms with van der Waals surface area (Å²) in [5.41, 5.74) is 10.1. The number of hydrogen-bond acceptors (Lipinski definition) is 6. The van der Waals surface area contributed by atoms with Gasteiger partial charge in [-0.2, -0.15) is 5.26 Å². The van der Waals surface area contributed by atoms with Crippen molar-refractivity contribution in [2.24, 2.45) is 0 Å². The molecular formula is C22H19N5O2. The molecule has 1 aromatic carbocycles. The lowest BCUT2D eigenvalue weighted by atomic mass is 9.90. The van der Waals surface area contributed by atoms with Crippen LogP contribution in [-0.4, -0.2) is 34.4 Å². The van der Waals surface area contributed by atoms with Crippen LogP contribution in [0.25, 0.3) is 11.1 Å². The standard InChI is InChI=1S/C22H19N5O2/c1-29-16-6-2-4-14(10-16)20-17(11-23)21(24)26-19-7-9-27(13-18(19)20)22(28)15-5-3-8-25-12-15/h2-6,8,10,12H,7,9,13H2,1H3,(H2,24,26). The van der Waals surface area contributed by atoms with Gasteiger partial charge in [0.1, 0.15) is 23.2 Å². The van der Waals surface area contributed by atoms with Crippen LogP contribution in [-0.2, 0) is 13.0 Å². The van der Waals surface area contributed by atoms with E-state index in [1.54, 1.807) is 36.5 Å². The Labute approximate surface area is 168 Å². The van der Waals surface area contributed by atoms with Crippen molar-refractivity contribution >= 4 is 11.7 Å². The van der Waals surface area contributed by atoms with Gasteiger partial charge in [-0.3, -0.25) is 9.78 Å². The van der Waals surface area contributed by atoms with E-state index in [4.69, 9.17) is 10.5 Å². The molecule has 3 aromatic rings. The number of fused-ring (bicyclic) bond motifs is 1. The minimum Gasteiger partial charge on any atom is -0.497 e. The molecule has 0 unspecified atom stereocenters. The molecule has 3 heterocycles. The van der Waals surface area contributed by atoms with E-state index in [1.807, 2.05) is 24.3 Å². The molecule has 7 heteroatoms. The lowest BCUT2D eigenvalue weighted by Gasteiger charge is -2.30. The minimum absolute atomic E-state index is 0.101. The number of amides is 1. The third kappa shape index (κ3) is 3.36. The second-order valence-electron chi connectivity index (χ2n) is 6.73. The van der Waals surface area contributed by atoms with E-state index in [0.29, 0.717) is 42.0 Å². The molecule has 1 amide bonds. The van der Waals surface area contributed by atoms with Crippen LogP contribution in [0.3, 0.4) is 0 Å². The molecule has 0 aliphatic carbocycles. The Hall–Kier alpha value is -3.92. The first kappa shape index (κ1) is 18.4. The van der Waals surface area contributed by atoms with E-state index >= 15 is 0 Å². The number of nitrogen functional groups attached to an aromatic ring is 1. The molecule has 0 saturated carbocycles. The van der Waals surface area contributed by atoms with Gasteiger partial charge in [0.25, 0.3) is 5.91 Å². The van der Waals surface area contributed by atoms with Crippen LogP contribution in [0.5, 0.6) is 5.75 Å². The van der Waals surface area contributed by atoms with E-state index in [0.717, 1.165) is 16.8 Å². The van der Waals surface area contributed by atoms with Crippen LogP contribution in [0.2, 0.25) is 0 Å². The maximum atomic E-state index is 12.9.